The number of carbonyl (C=O) groups is 2. The maximum absolute atomic E-state index is 11.7. The first-order valence-electron chi connectivity index (χ1n) is 4.85. The molecule has 0 radical (unpaired) electrons. The van der Waals surface area contributed by atoms with Crippen LogP contribution in [0.25, 0.3) is 0 Å². The van der Waals surface area contributed by atoms with Crippen LogP contribution in [0.5, 0.6) is 0 Å². The Morgan fingerprint density at radius 1 is 1.31 bits per heavy atom. The first kappa shape index (κ1) is 11.6. The second-order valence-electron chi connectivity index (χ2n) is 3.61. The molecule has 1 saturated heterocycles. The molecule has 0 N–H and O–H groups in total. The van der Waals surface area contributed by atoms with Crippen LogP contribution in [0.4, 0.5) is 5.69 Å². The number of anilines is 1. The minimum atomic E-state index is -0.148. The highest BCUT2D eigenvalue weighted by Gasteiger charge is 2.24. The predicted molar refractivity (Wildman–Crippen MR) is 65.7 cm³/mol. The number of halogens is 2. The molecule has 5 heteroatoms. The molecule has 0 unspecified atom stereocenters. The van der Waals surface area contributed by atoms with E-state index in [2.05, 4.69) is 15.9 Å². The number of nitrogens with zero attached hydrogens (tertiary/aromatic N) is 1. The summed E-state index contributed by atoms with van der Waals surface area (Å²) >= 11 is 9.18. The van der Waals surface area contributed by atoms with Gasteiger partial charge in [-0.2, -0.15) is 0 Å². The van der Waals surface area contributed by atoms with E-state index >= 15 is 0 Å². The van der Waals surface area contributed by atoms with Gasteiger partial charge in [0.15, 0.2) is 0 Å². The van der Waals surface area contributed by atoms with Crippen molar-refractivity contribution in [3.8, 4) is 0 Å². The van der Waals surface area contributed by atoms with E-state index < -0.39 is 0 Å². The second kappa shape index (κ2) is 4.55. The van der Waals surface area contributed by atoms with E-state index in [1.54, 1.807) is 23.1 Å². The molecular formula is C11H9BrClNO2. The van der Waals surface area contributed by atoms with E-state index in [4.69, 9.17) is 11.6 Å². The monoisotopic (exact) mass is 301 g/mol. The Kier molecular flexibility index (Phi) is 3.30. The lowest BCUT2D eigenvalue weighted by Gasteiger charge is -2.26. The van der Waals surface area contributed by atoms with Crippen molar-refractivity contribution in [3.63, 3.8) is 0 Å². The van der Waals surface area contributed by atoms with E-state index in [1.165, 1.54) is 0 Å². The summed E-state index contributed by atoms with van der Waals surface area (Å²) in [5.41, 5.74) is 0.772. The topological polar surface area (TPSA) is 37.4 Å². The third-order valence-corrected chi connectivity index (χ3v) is 3.69. The van der Waals surface area contributed by atoms with Gasteiger partial charge in [-0.05, 0) is 34.1 Å². The van der Waals surface area contributed by atoms with Crippen LogP contribution < -0.4 is 4.90 Å². The van der Waals surface area contributed by atoms with E-state index in [-0.39, 0.29) is 18.1 Å². The van der Waals surface area contributed by atoms with Crippen molar-refractivity contribution in [1.29, 1.82) is 0 Å². The van der Waals surface area contributed by atoms with Gasteiger partial charge in [0.2, 0.25) is 5.91 Å². The summed E-state index contributed by atoms with van der Waals surface area (Å²) in [6, 6.07) is 5.29. The van der Waals surface area contributed by atoms with Gasteiger partial charge in [0.1, 0.15) is 5.78 Å². The largest absolute Gasteiger partial charge is 0.312 e. The number of carbonyl (C=O) groups excluding carboxylic acids is 2. The molecular weight excluding hydrogens is 293 g/mol. The molecule has 0 aliphatic carbocycles. The zero-order chi connectivity index (χ0) is 11.7. The number of ketones is 1. The van der Waals surface area contributed by atoms with Crippen molar-refractivity contribution in [3.05, 3.63) is 27.7 Å². The molecule has 0 bridgehead atoms. The molecule has 84 valence electrons. The maximum Gasteiger partial charge on any atom is 0.234 e. The Labute approximate surface area is 107 Å². The lowest BCUT2D eigenvalue weighted by Crippen LogP contribution is -2.39. The average molecular weight is 303 g/mol. The molecule has 3 nitrogen and oxygen atoms in total. The van der Waals surface area contributed by atoms with Gasteiger partial charge in [0, 0.05) is 23.1 Å². The van der Waals surface area contributed by atoms with Crippen molar-refractivity contribution in [2.45, 2.75) is 12.8 Å². The summed E-state index contributed by atoms with van der Waals surface area (Å²) in [7, 11) is 0. The highest BCUT2D eigenvalue weighted by molar-refractivity contribution is 9.10. The molecule has 0 spiro atoms. The first-order chi connectivity index (χ1) is 7.58. The van der Waals surface area contributed by atoms with Gasteiger partial charge >= 0.3 is 0 Å². The number of piperidine rings is 1. The van der Waals surface area contributed by atoms with Gasteiger partial charge in [0.05, 0.1) is 11.4 Å². The van der Waals surface area contributed by atoms with Gasteiger partial charge in [-0.15, -0.1) is 0 Å². The predicted octanol–water partition coefficient (Wildman–Crippen LogP) is 2.80. The van der Waals surface area contributed by atoms with Crippen molar-refractivity contribution in [2.24, 2.45) is 0 Å². The van der Waals surface area contributed by atoms with Crippen LogP contribution in [0.3, 0.4) is 0 Å². The quantitative estimate of drug-likeness (QED) is 0.748. The molecule has 0 saturated carbocycles. The lowest BCUT2D eigenvalue weighted by molar-refractivity contribution is -0.128. The standard InChI is InChI=1S/C11H9BrClNO2/c12-9-5-7(1-2-10(9)13)14-4-3-8(15)6-11(14)16/h1-2,5H,3-4,6H2. The molecule has 1 heterocycles. The molecule has 1 amide bonds. The van der Waals surface area contributed by atoms with Gasteiger partial charge in [0.25, 0.3) is 0 Å². The normalized spacial score (nSPS) is 16.8. The van der Waals surface area contributed by atoms with Gasteiger partial charge in [-0.3, -0.25) is 9.59 Å². The van der Waals surface area contributed by atoms with Crippen LogP contribution >= 0.6 is 27.5 Å². The Balaban J connectivity index is 2.27. The minimum Gasteiger partial charge on any atom is -0.312 e. The number of hydrogen-bond donors (Lipinski definition) is 0. The summed E-state index contributed by atoms with van der Waals surface area (Å²) in [5, 5.41) is 0.601. The van der Waals surface area contributed by atoms with E-state index in [1.807, 2.05) is 0 Å². The van der Waals surface area contributed by atoms with E-state index in [0.717, 1.165) is 10.2 Å². The van der Waals surface area contributed by atoms with Crippen molar-refractivity contribution >= 4 is 44.9 Å². The Bertz CT molecular complexity index is 461. The SMILES string of the molecule is O=C1CCN(c2ccc(Cl)c(Br)c2)C(=O)C1. The molecule has 0 aromatic heterocycles. The van der Waals surface area contributed by atoms with Crippen LogP contribution in [-0.4, -0.2) is 18.2 Å². The Morgan fingerprint density at radius 3 is 2.69 bits per heavy atom. The molecule has 1 aliphatic rings. The number of benzene rings is 1. The first-order valence-corrected chi connectivity index (χ1v) is 6.02. The second-order valence-corrected chi connectivity index (χ2v) is 4.87. The fourth-order valence-electron chi connectivity index (χ4n) is 1.64. The van der Waals surface area contributed by atoms with Crippen LogP contribution in [-0.2, 0) is 9.59 Å². The maximum atomic E-state index is 11.7. The van der Waals surface area contributed by atoms with Gasteiger partial charge in [-0.1, -0.05) is 11.6 Å². The molecule has 1 fully saturated rings. The summed E-state index contributed by atoms with van der Waals surface area (Å²) in [6.07, 6.45) is 0.423. The molecule has 0 atom stereocenters. The molecule has 1 aliphatic heterocycles. The molecule has 16 heavy (non-hydrogen) atoms. The summed E-state index contributed by atoms with van der Waals surface area (Å²) < 4.78 is 0.747. The number of hydrogen-bond acceptors (Lipinski definition) is 2. The summed E-state index contributed by atoms with van der Waals surface area (Å²) in [5.74, 6) is -0.139. The van der Waals surface area contributed by atoms with Crippen molar-refractivity contribution < 1.29 is 9.59 Å². The number of rotatable bonds is 1. The molecule has 2 rings (SSSR count). The summed E-state index contributed by atoms with van der Waals surface area (Å²) in [6.45, 7) is 0.450. The lowest BCUT2D eigenvalue weighted by atomic mass is 10.1. The van der Waals surface area contributed by atoms with Crippen LogP contribution in [0.15, 0.2) is 22.7 Å². The van der Waals surface area contributed by atoms with E-state index in [9.17, 15) is 9.59 Å². The van der Waals surface area contributed by atoms with Gasteiger partial charge in [-0.25, -0.2) is 0 Å². The Morgan fingerprint density at radius 2 is 2.06 bits per heavy atom. The minimum absolute atomic E-state index is 0.000244. The van der Waals surface area contributed by atoms with Gasteiger partial charge < -0.3 is 4.90 Å². The third kappa shape index (κ3) is 2.28. The molecule has 1 aromatic carbocycles. The van der Waals surface area contributed by atoms with Crippen LogP contribution in [0.1, 0.15) is 12.8 Å². The zero-order valence-corrected chi connectivity index (χ0v) is 10.7. The number of Topliss-reactive ketones (excluding diaryl/α,β-unsaturated/α-hetero) is 1. The smallest absolute Gasteiger partial charge is 0.234 e. The van der Waals surface area contributed by atoms with Crippen LogP contribution in [0.2, 0.25) is 5.02 Å². The Hall–Kier alpha value is -0.870. The van der Waals surface area contributed by atoms with Crippen LogP contribution in [0, 0.1) is 0 Å². The zero-order valence-electron chi connectivity index (χ0n) is 8.37. The third-order valence-electron chi connectivity index (χ3n) is 2.48. The van der Waals surface area contributed by atoms with E-state index in [0.29, 0.717) is 18.0 Å². The van der Waals surface area contributed by atoms with Crippen molar-refractivity contribution in [1.82, 2.24) is 0 Å². The highest BCUT2D eigenvalue weighted by atomic mass is 79.9. The average Bonchev–Trinajstić information content (AvgIpc) is 2.22. The molecule has 1 aromatic rings. The summed E-state index contributed by atoms with van der Waals surface area (Å²) in [4.78, 5) is 24.4. The highest BCUT2D eigenvalue weighted by Crippen LogP contribution is 2.28. The van der Waals surface area contributed by atoms with Crippen molar-refractivity contribution in [2.75, 3.05) is 11.4 Å². The fourth-order valence-corrected chi connectivity index (χ4v) is 2.12. The number of amides is 1. The fraction of sp³-hybridized carbons (Fsp3) is 0.273.